The van der Waals surface area contributed by atoms with Gasteiger partial charge in [-0.2, -0.15) is 0 Å². The van der Waals surface area contributed by atoms with Crippen molar-refractivity contribution in [2.75, 3.05) is 11.6 Å². The van der Waals surface area contributed by atoms with Crippen LogP contribution in [0.2, 0.25) is 0 Å². The summed E-state index contributed by atoms with van der Waals surface area (Å²) < 4.78 is 5.31. The number of ether oxygens (including phenoxy) is 1. The Morgan fingerprint density at radius 3 is 2.45 bits per heavy atom. The van der Waals surface area contributed by atoms with Gasteiger partial charge in [-0.15, -0.1) is 11.8 Å². The van der Waals surface area contributed by atoms with Crippen LogP contribution in [-0.4, -0.2) is 12.3 Å². The Kier molecular flexibility index (Phi) is 4.30. The fourth-order valence-corrected chi connectivity index (χ4v) is 2.63. The van der Waals surface area contributed by atoms with Crippen molar-refractivity contribution in [3.8, 4) is 5.75 Å². The van der Waals surface area contributed by atoms with Crippen LogP contribution >= 0.6 is 11.8 Å². The molecule has 0 aliphatic carbocycles. The number of nitrogens with one attached hydrogen (secondary N) is 1. The molecule has 0 aliphatic heterocycles. The van der Waals surface area contributed by atoms with Crippen molar-refractivity contribution in [2.45, 2.75) is 4.90 Å². The number of rotatable bonds is 3. The highest BCUT2D eigenvalue weighted by atomic mass is 32.2. The summed E-state index contributed by atoms with van der Waals surface area (Å²) in [5.74, 6) is 0.524. The van der Waals surface area contributed by atoms with E-state index >= 15 is 0 Å². The van der Waals surface area contributed by atoms with E-state index < -0.39 is 6.09 Å². The second kappa shape index (κ2) is 6.54. The van der Waals surface area contributed by atoms with E-state index in [0.29, 0.717) is 5.75 Å². The van der Waals surface area contributed by atoms with E-state index in [1.807, 2.05) is 60.9 Å². The van der Waals surface area contributed by atoms with Gasteiger partial charge in [-0.25, -0.2) is 4.79 Å². The standard InChI is InChI=1S/C18H15NO2S/c1-22-15-11-9-14(10-12-15)21-18(20)19-17-8-4-6-13-5-2-3-7-16(13)17/h2-12H,1H3,(H,19,20). The van der Waals surface area contributed by atoms with E-state index in [1.54, 1.807) is 23.9 Å². The first-order valence-corrected chi connectivity index (χ1v) is 8.09. The van der Waals surface area contributed by atoms with E-state index in [4.69, 9.17) is 4.74 Å². The number of thioether (sulfide) groups is 1. The van der Waals surface area contributed by atoms with Crippen molar-refractivity contribution in [2.24, 2.45) is 0 Å². The zero-order valence-electron chi connectivity index (χ0n) is 12.1. The highest BCUT2D eigenvalue weighted by Gasteiger charge is 2.07. The minimum Gasteiger partial charge on any atom is -0.410 e. The van der Waals surface area contributed by atoms with Crippen molar-refractivity contribution < 1.29 is 9.53 Å². The third-order valence-corrected chi connectivity index (χ3v) is 4.04. The van der Waals surface area contributed by atoms with Crippen LogP contribution in [0.15, 0.2) is 71.6 Å². The van der Waals surface area contributed by atoms with Crippen LogP contribution in [0.3, 0.4) is 0 Å². The lowest BCUT2D eigenvalue weighted by atomic mass is 10.1. The number of carbonyl (C=O) groups excluding carboxylic acids is 1. The van der Waals surface area contributed by atoms with Gasteiger partial charge in [0.2, 0.25) is 0 Å². The molecule has 0 atom stereocenters. The van der Waals surface area contributed by atoms with E-state index in [-0.39, 0.29) is 0 Å². The molecule has 0 unspecified atom stereocenters. The first-order chi connectivity index (χ1) is 10.8. The molecule has 3 nitrogen and oxygen atoms in total. The zero-order chi connectivity index (χ0) is 15.4. The molecule has 1 N–H and O–H groups in total. The predicted molar refractivity (Wildman–Crippen MR) is 91.8 cm³/mol. The summed E-state index contributed by atoms with van der Waals surface area (Å²) in [7, 11) is 0. The van der Waals surface area contributed by atoms with Gasteiger partial charge < -0.3 is 4.74 Å². The summed E-state index contributed by atoms with van der Waals surface area (Å²) in [5.41, 5.74) is 0.740. The maximum Gasteiger partial charge on any atom is 0.417 e. The summed E-state index contributed by atoms with van der Waals surface area (Å²) in [5, 5.41) is 4.86. The van der Waals surface area contributed by atoms with Crippen molar-refractivity contribution in [1.82, 2.24) is 0 Å². The van der Waals surface area contributed by atoms with Crippen LogP contribution in [0.4, 0.5) is 10.5 Å². The molecule has 0 saturated heterocycles. The zero-order valence-corrected chi connectivity index (χ0v) is 12.9. The number of amides is 1. The van der Waals surface area contributed by atoms with Gasteiger partial charge in [0, 0.05) is 10.3 Å². The highest BCUT2D eigenvalue weighted by molar-refractivity contribution is 7.98. The average molecular weight is 309 g/mol. The van der Waals surface area contributed by atoms with Crippen molar-refractivity contribution >= 4 is 34.3 Å². The molecule has 110 valence electrons. The first-order valence-electron chi connectivity index (χ1n) is 6.87. The maximum atomic E-state index is 12.0. The first kappa shape index (κ1) is 14.5. The van der Waals surface area contributed by atoms with Crippen molar-refractivity contribution in [1.29, 1.82) is 0 Å². The minimum absolute atomic E-state index is 0.492. The third kappa shape index (κ3) is 3.23. The third-order valence-electron chi connectivity index (χ3n) is 3.30. The van der Waals surface area contributed by atoms with Gasteiger partial charge in [0.1, 0.15) is 5.75 Å². The molecule has 1 amide bonds. The molecule has 3 rings (SSSR count). The number of anilines is 1. The molecule has 0 radical (unpaired) electrons. The van der Waals surface area contributed by atoms with Gasteiger partial charge in [0.05, 0.1) is 5.69 Å². The molecule has 22 heavy (non-hydrogen) atoms. The van der Waals surface area contributed by atoms with E-state index in [2.05, 4.69) is 5.32 Å². The number of carbonyl (C=O) groups is 1. The van der Waals surface area contributed by atoms with Crippen molar-refractivity contribution in [3.63, 3.8) is 0 Å². The average Bonchev–Trinajstić information content (AvgIpc) is 2.56. The molecule has 0 fully saturated rings. The normalized spacial score (nSPS) is 10.4. The second-order valence-corrected chi connectivity index (χ2v) is 5.60. The molecular weight excluding hydrogens is 294 g/mol. The number of benzene rings is 3. The smallest absolute Gasteiger partial charge is 0.410 e. The summed E-state index contributed by atoms with van der Waals surface area (Å²) in [6, 6.07) is 21.1. The van der Waals surface area contributed by atoms with E-state index in [1.165, 1.54) is 0 Å². The topological polar surface area (TPSA) is 38.3 Å². The summed E-state index contributed by atoms with van der Waals surface area (Å²) in [6.45, 7) is 0. The van der Waals surface area contributed by atoms with Crippen molar-refractivity contribution in [3.05, 3.63) is 66.7 Å². The fraction of sp³-hybridized carbons (Fsp3) is 0.0556. The van der Waals surface area contributed by atoms with Crippen LogP contribution < -0.4 is 10.1 Å². The Balaban J connectivity index is 1.75. The molecule has 3 aromatic rings. The molecule has 4 heteroatoms. The lowest BCUT2D eigenvalue weighted by Gasteiger charge is -2.09. The Hall–Kier alpha value is -2.46. The van der Waals surface area contributed by atoms with Gasteiger partial charge in [-0.05, 0) is 42.0 Å². The molecular formula is C18H15NO2S. The van der Waals surface area contributed by atoms with Gasteiger partial charge >= 0.3 is 6.09 Å². The summed E-state index contributed by atoms with van der Waals surface area (Å²) in [4.78, 5) is 13.2. The van der Waals surface area contributed by atoms with Gasteiger partial charge in [-0.1, -0.05) is 36.4 Å². The summed E-state index contributed by atoms with van der Waals surface area (Å²) >= 11 is 1.64. The SMILES string of the molecule is CSc1ccc(OC(=O)Nc2cccc3ccccc23)cc1. The maximum absolute atomic E-state index is 12.0. The molecule has 0 bridgehead atoms. The monoisotopic (exact) mass is 309 g/mol. The number of hydrogen-bond donors (Lipinski definition) is 1. The number of hydrogen-bond acceptors (Lipinski definition) is 3. The molecule has 0 aromatic heterocycles. The Labute approximate surface area is 133 Å². The van der Waals surface area contributed by atoms with Gasteiger partial charge in [0.25, 0.3) is 0 Å². The molecule has 3 aromatic carbocycles. The Bertz CT molecular complexity index is 794. The minimum atomic E-state index is -0.492. The number of fused-ring (bicyclic) bond motifs is 1. The van der Waals surface area contributed by atoms with E-state index in [9.17, 15) is 4.79 Å². The highest BCUT2D eigenvalue weighted by Crippen LogP contribution is 2.24. The summed E-state index contributed by atoms with van der Waals surface area (Å²) in [6.07, 6.45) is 1.51. The van der Waals surface area contributed by atoms with Crippen LogP contribution in [0.1, 0.15) is 0 Å². The van der Waals surface area contributed by atoms with Crippen LogP contribution in [0.25, 0.3) is 10.8 Å². The predicted octanol–water partition coefficient (Wildman–Crippen LogP) is 5.17. The van der Waals surface area contributed by atoms with Crippen LogP contribution in [0, 0.1) is 0 Å². The molecule has 0 saturated carbocycles. The van der Waals surface area contributed by atoms with Crippen LogP contribution in [0.5, 0.6) is 5.75 Å². The lowest BCUT2D eigenvalue weighted by Crippen LogP contribution is -2.16. The van der Waals surface area contributed by atoms with Gasteiger partial charge in [-0.3, -0.25) is 5.32 Å². The molecule has 0 heterocycles. The van der Waals surface area contributed by atoms with Gasteiger partial charge in [0.15, 0.2) is 0 Å². The largest absolute Gasteiger partial charge is 0.417 e. The van der Waals surface area contributed by atoms with Crippen LogP contribution in [-0.2, 0) is 0 Å². The fourth-order valence-electron chi connectivity index (χ4n) is 2.22. The quantitative estimate of drug-likeness (QED) is 0.678. The Morgan fingerprint density at radius 1 is 0.955 bits per heavy atom. The van der Waals surface area contributed by atoms with E-state index in [0.717, 1.165) is 21.4 Å². The second-order valence-electron chi connectivity index (χ2n) is 4.72. The Morgan fingerprint density at radius 2 is 1.68 bits per heavy atom. The lowest BCUT2D eigenvalue weighted by molar-refractivity contribution is 0.215. The molecule has 0 spiro atoms. The molecule has 0 aliphatic rings.